The predicted molar refractivity (Wildman–Crippen MR) is 85.7 cm³/mol. The van der Waals surface area contributed by atoms with Crippen LogP contribution in [0.25, 0.3) is 0 Å². The van der Waals surface area contributed by atoms with Crippen molar-refractivity contribution < 1.29 is 8.42 Å². The second-order valence-electron chi connectivity index (χ2n) is 5.64. The summed E-state index contributed by atoms with van der Waals surface area (Å²) < 4.78 is 27.9. The van der Waals surface area contributed by atoms with Crippen LogP contribution in [0.2, 0.25) is 5.02 Å². The molecular formula is C15H23ClN2O2S. The second kappa shape index (κ2) is 7.09. The maximum atomic E-state index is 12.5. The number of benzene rings is 1. The van der Waals surface area contributed by atoms with Gasteiger partial charge in [-0.25, -0.2) is 13.1 Å². The number of nitrogens with two attached hydrogens (primary N) is 1. The van der Waals surface area contributed by atoms with Crippen LogP contribution in [0.15, 0.2) is 23.1 Å². The minimum absolute atomic E-state index is 0.0294. The van der Waals surface area contributed by atoms with Crippen LogP contribution in [0, 0.1) is 5.92 Å². The maximum absolute atomic E-state index is 12.5. The van der Waals surface area contributed by atoms with Gasteiger partial charge in [0.2, 0.25) is 10.0 Å². The Morgan fingerprint density at radius 1 is 1.33 bits per heavy atom. The van der Waals surface area contributed by atoms with Crippen molar-refractivity contribution in [3.63, 3.8) is 0 Å². The van der Waals surface area contributed by atoms with Gasteiger partial charge >= 0.3 is 0 Å². The highest BCUT2D eigenvalue weighted by atomic mass is 35.5. The first-order valence-corrected chi connectivity index (χ1v) is 9.35. The lowest BCUT2D eigenvalue weighted by Gasteiger charge is -2.31. The summed E-state index contributed by atoms with van der Waals surface area (Å²) in [6, 6.07) is 4.76. The van der Waals surface area contributed by atoms with Gasteiger partial charge in [0, 0.05) is 17.6 Å². The van der Waals surface area contributed by atoms with Crippen molar-refractivity contribution in [1.29, 1.82) is 0 Å². The Bertz CT molecular complexity index is 589. The SMILES string of the molecule is CCC1CCCCC1NS(=O)(=O)c1ccc(CN)c(Cl)c1. The summed E-state index contributed by atoms with van der Waals surface area (Å²) in [7, 11) is -3.53. The number of sulfonamides is 1. The molecule has 2 unspecified atom stereocenters. The third-order valence-corrected chi connectivity index (χ3v) is 6.13. The molecule has 0 heterocycles. The summed E-state index contributed by atoms with van der Waals surface area (Å²) in [6.07, 6.45) is 5.27. The van der Waals surface area contributed by atoms with Gasteiger partial charge in [-0.05, 0) is 36.5 Å². The summed E-state index contributed by atoms with van der Waals surface area (Å²) in [5.74, 6) is 0.423. The summed E-state index contributed by atoms with van der Waals surface area (Å²) in [4.78, 5) is 0.213. The monoisotopic (exact) mass is 330 g/mol. The molecule has 0 amide bonds. The van der Waals surface area contributed by atoms with E-state index in [0.717, 1.165) is 31.2 Å². The quantitative estimate of drug-likeness (QED) is 0.871. The van der Waals surface area contributed by atoms with Crippen molar-refractivity contribution in [1.82, 2.24) is 4.72 Å². The van der Waals surface area contributed by atoms with Crippen molar-refractivity contribution in [3.05, 3.63) is 28.8 Å². The van der Waals surface area contributed by atoms with Crippen molar-refractivity contribution in [3.8, 4) is 0 Å². The average molecular weight is 331 g/mol. The molecule has 0 radical (unpaired) electrons. The van der Waals surface area contributed by atoms with Crippen LogP contribution in [-0.4, -0.2) is 14.5 Å². The van der Waals surface area contributed by atoms with E-state index < -0.39 is 10.0 Å². The van der Waals surface area contributed by atoms with Gasteiger partial charge in [0.25, 0.3) is 0 Å². The number of rotatable bonds is 5. The average Bonchev–Trinajstić information content (AvgIpc) is 2.47. The lowest BCUT2D eigenvalue weighted by molar-refractivity contribution is 0.282. The molecule has 6 heteroatoms. The van der Waals surface area contributed by atoms with Gasteiger partial charge in [0.15, 0.2) is 0 Å². The van der Waals surface area contributed by atoms with Crippen LogP contribution in [0.4, 0.5) is 0 Å². The van der Waals surface area contributed by atoms with Crippen LogP contribution in [-0.2, 0) is 16.6 Å². The summed E-state index contributed by atoms with van der Waals surface area (Å²) in [6.45, 7) is 2.41. The fraction of sp³-hybridized carbons (Fsp3) is 0.600. The minimum atomic E-state index is -3.53. The molecule has 3 N–H and O–H groups in total. The number of halogens is 1. The Hall–Kier alpha value is -0.620. The zero-order valence-electron chi connectivity index (χ0n) is 12.3. The fourth-order valence-corrected chi connectivity index (χ4v) is 4.67. The molecule has 0 bridgehead atoms. The van der Waals surface area contributed by atoms with Crippen LogP contribution in [0.3, 0.4) is 0 Å². The smallest absolute Gasteiger partial charge is 0.240 e. The molecule has 1 aliphatic carbocycles. The molecule has 1 saturated carbocycles. The predicted octanol–water partition coefficient (Wildman–Crippen LogP) is 3.05. The first-order valence-electron chi connectivity index (χ1n) is 7.48. The molecule has 0 spiro atoms. The van der Waals surface area contributed by atoms with E-state index in [2.05, 4.69) is 11.6 Å². The lowest BCUT2D eigenvalue weighted by atomic mass is 9.83. The van der Waals surface area contributed by atoms with Crippen LogP contribution >= 0.6 is 11.6 Å². The number of nitrogens with one attached hydrogen (secondary N) is 1. The van der Waals surface area contributed by atoms with E-state index in [4.69, 9.17) is 17.3 Å². The van der Waals surface area contributed by atoms with Gasteiger partial charge in [-0.1, -0.05) is 43.9 Å². The van der Waals surface area contributed by atoms with Gasteiger partial charge < -0.3 is 5.73 Å². The zero-order chi connectivity index (χ0) is 15.5. The molecule has 1 aromatic carbocycles. The van der Waals surface area contributed by atoms with Gasteiger partial charge in [0.1, 0.15) is 0 Å². The van der Waals surface area contributed by atoms with Crippen LogP contribution < -0.4 is 10.5 Å². The Morgan fingerprint density at radius 2 is 2.05 bits per heavy atom. The Labute approximate surface area is 132 Å². The van der Waals surface area contributed by atoms with E-state index in [1.54, 1.807) is 12.1 Å². The summed E-state index contributed by atoms with van der Waals surface area (Å²) in [5, 5.41) is 0.399. The van der Waals surface area contributed by atoms with E-state index in [1.165, 1.54) is 12.5 Å². The third kappa shape index (κ3) is 3.97. The van der Waals surface area contributed by atoms with Crippen LogP contribution in [0.1, 0.15) is 44.6 Å². The van der Waals surface area contributed by atoms with E-state index in [-0.39, 0.29) is 10.9 Å². The zero-order valence-corrected chi connectivity index (χ0v) is 13.9. The lowest BCUT2D eigenvalue weighted by Crippen LogP contribution is -2.41. The highest BCUT2D eigenvalue weighted by Crippen LogP contribution is 2.28. The molecule has 0 saturated heterocycles. The summed E-state index contributed by atoms with van der Waals surface area (Å²) in [5.41, 5.74) is 6.30. The largest absolute Gasteiger partial charge is 0.326 e. The highest BCUT2D eigenvalue weighted by Gasteiger charge is 2.28. The van der Waals surface area contributed by atoms with E-state index in [1.807, 2.05) is 0 Å². The molecule has 1 aliphatic rings. The molecule has 118 valence electrons. The van der Waals surface area contributed by atoms with Crippen molar-refractivity contribution in [2.45, 2.75) is 56.5 Å². The second-order valence-corrected chi connectivity index (χ2v) is 7.76. The molecule has 2 rings (SSSR count). The van der Waals surface area contributed by atoms with E-state index in [0.29, 0.717) is 17.5 Å². The molecule has 0 aromatic heterocycles. The Morgan fingerprint density at radius 3 is 2.67 bits per heavy atom. The molecule has 1 aromatic rings. The minimum Gasteiger partial charge on any atom is -0.326 e. The molecule has 4 nitrogen and oxygen atoms in total. The van der Waals surface area contributed by atoms with E-state index >= 15 is 0 Å². The van der Waals surface area contributed by atoms with E-state index in [9.17, 15) is 8.42 Å². The van der Waals surface area contributed by atoms with Crippen molar-refractivity contribution in [2.75, 3.05) is 0 Å². The number of hydrogen-bond acceptors (Lipinski definition) is 3. The molecule has 1 fully saturated rings. The van der Waals surface area contributed by atoms with Gasteiger partial charge in [-0.15, -0.1) is 0 Å². The fourth-order valence-electron chi connectivity index (χ4n) is 2.98. The molecule has 0 aliphatic heterocycles. The van der Waals surface area contributed by atoms with Crippen LogP contribution in [0.5, 0.6) is 0 Å². The summed E-state index contributed by atoms with van der Waals surface area (Å²) >= 11 is 6.06. The van der Waals surface area contributed by atoms with Gasteiger partial charge in [-0.3, -0.25) is 0 Å². The van der Waals surface area contributed by atoms with Gasteiger partial charge in [0.05, 0.1) is 4.90 Å². The van der Waals surface area contributed by atoms with Crippen molar-refractivity contribution in [2.24, 2.45) is 11.7 Å². The van der Waals surface area contributed by atoms with Crippen molar-refractivity contribution >= 4 is 21.6 Å². The highest BCUT2D eigenvalue weighted by molar-refractivity contribution is 7.89. The number of hydrogen-bond donors (Lipinski definition) is 2. The third-order valence-electron chi connectivity index (χ3n) is 4.29. The van der Waals surface area contributed by atoms with Gasteiger partial charge in [-0.2, -0.15) is 0 Å². The normalized spacial score (nSPS) is 23.2. The standard InChI is InChI=1S/C15H23ClN2O2S/c1-2-11-5-3-4-6-15(11)18-21(19,20)13-8-7-12(10-17)14(16)9-13/h7-9,11,15,18H,2-6,10,17H2,1H3. The Balaban J connectivity index is 2.19. The molecular weight excluding hydrogens is 308 g/mol. The Kier molecular flexibility index (Phi) is 5.66. The topological polar surface area (TPSA) is 72.2 Å². The maximum Gasteiger partial charge on any atom is 0.240 e. The first kappa shape index (κ1) is 16.7. The first-order chi connectivity index (χ1) is 9.97. The molecule has 21 heavy (non-hydrogen) atoms. The molecule has 2 atom stereocenters.